The molecule has 0 saturated carbocycles. The topological polar surface area (TPSA) is 48.0 Å². The molecule has 5 nitrogen and oxygen atoms in total. The standard InChI is InChI=1S/C13H22BNO4/c1-13(2,3)19-12(16)15-8-4-5-11(15)6-7-14-17-9-10-18-14/h6-7,11H,4-5,8-10H2,1-3H3/b7-6-. The van der Waals surface area contributed by atoms with Gasteiger partial charge in [-0.3, -0.25) is 0 Å². The maximum absolute atomic E-state index is 12.1. The maximum Gasteiger partial charge on any atom is 0.486 e. The third-order valence-electron chi connectivity index (χ3n) is 3.07. The third-order valence-corrected chi connectivity index (χ3v) is 3.07. The molecule has 2 rings (SSSR count). The highest BCUT2D eigenvalue weighted by Crippen LogP contribution is 2.22. The molecule has 19 heavy (non-hydrogen) atoms. The fourth-order valence-corrected chi connectivity index (χ4v) is 2.25. The summed E-state index contributed by atoms with van der Waals surface area (Å²) in [7, 11) is -0.263. The summed E-state index contributed by atoms with van der Waals surface area (Å²) in [4.78, 5) is 13.8. The molecule has 0 N–H and O–H groups in total. The lowest BCUT2D eigenvalue weighted by Gasteiger charge is -2.27. The molecule has 2 aliphatic rings. The van der Waals surface area contributed by atoms with E-state index in [-0.39, 0.29) is 19.3 Å². The Kier molecular flexibility index (Phi) is 4.52. The van der Waals surface area contributed by atoms with E-state index < -0.39 is 5.60 Å². The molecule has 1 amide bonds. The van der Waals surface area contributed by atoms with Crippen molar-refractivity contribution in [2.75, 3.05) is 19.8 Å². The normalized spacial score (nSPS) is 24.5. The molecule has 0 spiro atoms. The molecule has 6 heteroatoms. The predicted molar refractivity (Wildman–Crippen MR) is 72.8 cm³/mol. The summed E-state index contributed by atoms with van der Waals surface area (Å²) in [5, 5.41) is 0. The highest BCUT2D eigenvalue weighted by atomic mass is 16.6. The van der Waals surface area contributed by atoms with Crippen LogP contribution in [-0.4, -0.2) is 49.5 Å². The van der Waals surface area contributed by atoms with E-state index in [2.05, 4.69) is 0 Å². The molecule has 2 heterocycles. The van der Waals surface area contributed by atoms with Crippen molar-refractivity contribution in [2.45, 2.75) is 45.3 Å². The van der Waals surface area contributed by atoms with Crippen LogP contribution >= 0.6 is 0 Å². The van der Waals surface area contributed by atoms with Crippen LogP contribution in [-0.2, 0) is 14.0 Å². The first-order chi connectivity index (χ1) is 8.96. The van der Waals surface area contributed by atoms with E-state index in [1.807, 2.05) is 32.8 Å². The Morgan fingerprint density at radius 1 is 1.37 bits per heavy atom. The maximum atomic E-state index is 12.1. The van der Waals surface area contributed by atoms with E-state index in [1.165, 1.54) is 0 Å². The Hall–Kier alpha value is -1.01. The quantitative estimate of drug-likeness (QED) is 0.718. The summed E-state index contributed by atoms with van der Waals surface area (Å²) >= 11 is 0. The SMILES string of the molecule is CC(C)(C)OC(=O)N1CCCC1/C=C\B1OCCO1. The van der Waals surface area contributed by atoms with Gasteiger partial charge < -0.3 is 18.9 Å². The number of nitrogens with zero attached hydrogens (tertiary/aromatic N) is 1. The van der Waals surface area contributed by atoms with Crippen molar-refractivity contribution in [1.29, 1.82) is 0 Å². The van der Waals surface area contributed by atoms with Crippen LogP contribution in [0.5, 0.6) is 0 Å². The van der Waals surface area contributed by atoms with Crippen molar-refractivity contribution in [3.8, 4) is 0 Å². The number of hydrogen-bond donors (Lipinski definition) is 0. The van der Waals surface area contributed by atoms with Gasteiger partial charge >= 0.3 is 13.2 Å². The zero-order valence-corrected chi connectivity index (χ0v) is 11.9. The number of likely N-dealkylation sites (tertiary alicyclic amines) is 1. The van der Waals surface area contributed by atoms with E-state index in [0.29, 0.717) is 13.2 Å². The molecule has 1 unspecified atom stereocenters. The van der Waals surface area contributed by atoms with Crippen LogP contribution < -0.4 is 0 Å². The van der Waals surface area contributed by atoms with Crippen molar-refractivity contribution in [3.05, 3.63) is 12.1 Å². The minimum atomic E-state index is -0.453. The van der Waals surface area contributed by atoms with E-state index in [1.54, 1.807) is 4.90 Å². The van der Waals surface area contributed by atoms with E-state index in [4.69, 9.17) is 14.0 Å². The first-order valence-corrected chi connectivity index (χ1v) is 6.87. The smallest absolute Gasteiger partial charge is 0.444 e. The number of hydrogen-bond acceptors (Lipinski definition) is 4. The van der Waals surface area contributed by atoms with Gasteiger partial charge in [0.25, 0.3) is 0 Å². The fraction of sp³-hybridized carbons (Fsp3) is 0.769. The van der Waals surface area contributed by atoms with Crippen molar-refractivity contribution in [1.82, 2.24) is 4.90 Å². The molecule has 0 aliphatic carbocycles. The lowest BCUT2D eigenvalue weighted by atomic mass is 9.89. The van der Waals surface area contributed by atoms with E-state index >= 15 is 0 Å². The zero-order valence-electron chi connectivity index (χ0n) is 11.9. The monoisotopic (exact) mass is 267 g/mol. The third kappa shape index (κ3) is 4.25. The molecular formula is C13H22BNO4. The fourth-order valence-electron chi connectivity index (χ4n) is 2.25. The highest BCUT2D eigenvalue weighted by molar-refractivity contribution is 6.51. The van der Waals surface area contributed by atoms with Gasteiger partial charge in [0.1, 0.15) is 5.60 Å². The Balaban J connectivity index is 1.90. The summed E-state index contributed by atoms with van der Waals surface area (Å²) in [6.07, 6.45) is 3.71. The Labute approximate surface area is 115 Å². The Morgan fingerprint density at radius 3 is 2.68 bits per heavy atom. The van der Waals surface area contributed by atoms with Gasteiger partial charge in [0.15, 0.2) is 0 Å². The van der Waals surface area contributed by atoms with Gasteiger partial charge in [-0.05, 0) is 33.6 Å². The first-order valence-electron chi connectivity index (χ1n) is 6.87. The molecule has 0 radical (unpaired) electrons. The summed E-state index contributed by atoms with van der Waals surface area (Å²) < 4.78 is 16.1. The molecule has 0 aromatic heterocycles. The summed E-state index contributed by atoms with van der Waals surface area (Å²) in [6, 6.07) is 0.0858. The highest BCUT2D eigenvalue weighted by Gasteiger charge is 2.31. The van der Waals surface area contributed by atoms with Crippen molar-refractivity contribution >= 4 is 13.2 Å². The number of rotatable bonds is 2. The number of carbonyl (C=O) groups excluding carboxylic acids is 1. The molecule has 2 saturated heterocycles. The molecule has 106 valence electrons. The largest absolute Gasteiger partial charge is 0.486 e. The number of ether oxygens (including phenoxy) is 1. The van der Waals surface area contributed by atoms with Crippen LogP contribution in [0, 0.1) is 0 Å². The second-order valence-electron chi connectivity index (χ2n) is 5.88. The molecular weight excluding hydrogens is 245 g/mol. The Morgan fingerprint density at radius 2 is 2.05 bits per heavy atom. The van der Waals surface area contributed by atoms with Gasteiger partial charge in [-0.2, -0.15) is 0 Å². The minimum Gasteiger partial charge on any atom is -0.444 e. The average molecular weight is 267 g/mol. The van der Waals surface area contributed by atoms with Crippen molar-refractivity contribution < 1.29 is 18.8 Å². The summed E-state index contributed by atoms with van der Waals surface area (Å²) in [5.41, 5.74) is -0.453. The van der Waals surface area contributed by atoms with Gasteiger partial charge in [0.2, 0.25) is 0 Å². The number of carbonyl (C=O) groups is 1. The zero-order chi connectivity index (χ0) is 13.9. The predicted octanol–water partition coefficient (Wildman–Crippen LogP) is 2.02. The summed E-state index contributed by atoms with van der Waals surface area (Å²) in [5.74, 6) is 1.89. The lowest BCUT2D eigenvalue weighted by molar-refractivity contribution is 0.0256. The van der Waals surface area contributed by atoms with Gasteiger partial charge in [0, 0.05) is 6.54 Å². The summed E-state index contributed by atoms with van der Waals surface area (Å²) in [6.45, 7) is 7.66. The second-order valence-corrected chi connectivity index (χ2v) is 5.88. The van der Waals surface area contributed by atoms with Crippen LogP contribution in [0.1, 0.15) is 33.6 Å². The van der Waals surface area contributed by atoms with Crippen LogP contribution in [0.2, 0.25) is 0 Å². The number of amides is 1. The lowest BCUT2D eigenvalue weighted by Crippen LogP contribution is -2.39. The van der Waals surface area contributed by atoms with Gasteiger partial charge in [-0.15, -0.1) is 0 Å². The first kappa shape index (κ1) is 14.4. The van der Waals surface area contributed by atoms with Crippen LogP contribution in [0.25, 0.3) is 0 Å². The second kappa shape index (κ2) is 5.97. The van der Waals surface area contributed by atoms with Crippen LogP contribution in [0.4, 0.5) is 4.79 Å². The van der Waals surface area contributed by atoms with E-state index in [0.717, 1.165) is 19.4 Å². The molecule has 1 atom stereocenters. The average Bonchev–Trinajstić information content (AvgIpc) is 2.95. The molecule has 0 aromatic carbocycles. The Bertz CT molecular complexity index is 347. The van der Waals surface area contributed by atoms with Crippen LogP contribution in [0.3, 0.4) is 0 Å². The van der Waals surface area contributed by atoms with Crippen molar-refractivity contribution in [2.24, 2.45) is 0 Å². The van der Waals surface area contributed by atoms with Crippen LogP contribution in [0.15, 0.2) is 12.1 Å². The molecule has 2 aliphatic heterocycles. The molecule has 0 bridgehead atoms. The van der Waals surface area contributed by atoms with Crippen molar-refractivity contribution in [3.63, 3.8) is 0 Å². The van der Waals surface area contributed by atoms with Gasteiger partial charge in [-0.25, -0.2) is 4.79 Å². The minimum absolute atomic E-state index is 0.0858. The molecule has 2 fully saturated rings. The van der Waals surface area contributed by atoms with E-state index in [9.17, 15) is 4.79 Å². The van der Waals surface area contributed by atoms with Gasteiger partial charge in [0.05, 0.1) is 19.3 Å². The van der Waals surface area contributed by atoms with Gasteiger partial charge in [-0.1, -0.05) is 12.1 Å². The molecule has 0 aromatic rings.